The lowest BCUT2D eigenvalue weighted by atomic mass is 9.88. The SMILES string of the molecule is CC(=O)C(C)(CO)COC(=O)NCCCN(CCCCN(CCCNC(=O)OCC(C)(CO)C(C)=O)CCCNC(=O)OCC(C)(CO)C(C)=O)CCCNC(=O)OCC(C)(CO)C(C)=O.COCCOCCOC(=O)C1(C)COC(=O)OC1.NCCCN(CCCN)CCCCN(CCCN)CCCN. The fraction of sp³-hybridized carbons (Fsp3) is 0.859. The van der Waals surface area contributed by atoms with Gasteiger partial charge in [0.05, 0.1) is 67.9 Å². The Morgan fingerprint density at radius 1 is 0.396 bits per heavy atom. The van der Waals surface area contributed by atoms with Gasteiger partial charge in [0.1, 0.15) is 74.8 Å². The summed E-state index contributed by atoms with van der Waals surface area (Å²) in [6, 6.07) is 0. The molecule has 1 saturated heterocycles. The van der Waals surface area contributed by atoms with E-state index in [1.165, 1.54) is 68.2 Å². The zero-order valence-electron chi connectivity index (χ0n) is 65.7. The molecule has 4 unspecified atom stereocenters. The first-order chi connectivity index (χ1) is 50.3. The molecule has 35 heteroatoms. The Kier molecular flexibility index (Phi) is 58.5. The molecule has 0 aromatic carbocycles. The molecule has 0 aromatic rings. The molecule has 4 amide bonds. The minimum absolute atomic E-state index is 0.0325. The van der Waals surface area contributed by atoms with Crippen molar-refractivity contribution >= 4 is 59.6 Å². The number of methoxy groups -OCH3 is 1. The first kappa shape index (κ1) is 102. The second kappa shape index (κ2) is 60.8. The number of esters is 1. The molecule has 35 nitrogen and oxygen atoms in total. The van der Waals surface area contributed by atoms with Crippen molar-refractivity contribution in [2.24, 2.45) is 50.0 Å². The number of aliphatic hydroxyl groups excluding tert-OH is 4. The summed E-state index contributed by atoms with van der Waals surface area (Å²) in [6.07, 6.45) is 6.79. The van der Waals surface area contributed by atoms with Gasteiger partial charge in [0.15, 0.2) is 0 Å². The van der Waals surface area contributed by atoms with E-state index in [4.69, 9.17) is 56.1 Å². The number of nitrogens with one attached hydrogen (secondary N) is 4. The average Bonchev–Trinajstić information content (AvgIpc) is 0.830. The molecule has 1 aliphatic rings. The molecule has 0 spiro atoms. The molecular weight excluding hydrogens is 1390 g/mol. The van der Waals surface area contributed by atoms with Crippen molar-refractivity contribution < 1.29 is 111 Å². The summed E-state index contributed by atoms with van der Waals surface area (Å²) < 4.78 is 45.0. The second-order valence-electron chi connectivity index (χ2n) is 28.0. The van der Waals surface area contributed by atoms with E-state index in [2.05, 4.69) is 50.3 Å². The first-order valence-corrected chi connectivity index (χ1v) is 37.2. The van der Waals surface area contributed by atoms with Crippen LogP contribution in [0.3, 0.4) is 0 Å². The molecule has 0 bridgehead atoms. The highest BCUT2D eigenvalue weighted by Gasteiger charge is 2.42. The third-order valence-electron chi connectivity index (χ3n) is 18.1. The summed E-state index contributed by atoms with van der Waals surface area (Å²) in [4.78, 5) is 129. The lowest BCUT2D eigenvalue weighted by Crippen LogP contribution is -2.44. The van der Waals surface area contributed by atoms with E-state index in [9.17, 15) is 68.4 Å². The monoisotopic (exact) mass is 1530 g/mol. The average molecular weight is 1530 g/mol. The molecule has 0 aliphatic carbocycles. The number of cyclic esters (lactones) is 2. The Bertz CT molecular complexity index is 2190. The zero-order chi connectivity index (χ0) is 80.3. The minimum Gasteiger partial charge on any atom is -0.463 e. The summed E-state index contributed by atoms with van der Waals surface area (Å²) >= 11 is 0. The van der Waals surface area contributed by atoms with E-state index in [1.807, 2.05) is 0 Å². The van der Waals surface area contributed by atoms with Gasteiger partial charge in [0.25, 0.3) is 0 Å². The molecule has 4 atom stereocenters. The number of amides is 4. The quantitative estimate of drug-likeness (QED) is 0.0232. The van der Waals surface area contributed by atoms with E-state index in [-0.39, 0.29) is 95.6 Å². The summed E-state index contributed by atoms with van der Waals surface area (Å²) in [6.45, 7) is 25.7. The first-order valence-electron chi connectivity index (χ1n) is 37.2. The van der Waals surface area contributed by atoms with Gasteiger partial charge < -0.3 is 127 Å². The van der Waals surface area contributed by atoms with Crippen molar-refractivity contribution in [1.82, 2.24) is 40.9 Å². The molecule has 16 N–H and O–H groups in total. The Morgan fingerprint density at radius 3 is 0.858 bits per heavy atom. The van der Waals surface area contributed by atoms with Gasteiger partial charge in [-0.25, -0.2) is 24.0 Å². The molecule has 1 rings (SSSR count). The number of alkyl carbamates (subject to hydrolysis) is 4. The summed E-state index contributed by atoms with van der Waals surface area (Å²) in [5, 5.41) is 48.9. The van der Waals surface area contributed by atoms with Crippen LogP contribution < -0.4 is 44.2 Å². The highest BCUT2D eigenvalue weighted by atomic mass is 16.7. The van der Waals surface area contributed by atoms with Crippen LogP contribution in [-0.4, -0.2) is 330 Å². The van der Waals surface area contributed by atoms with Gasteiger partial charge in [0, 0.05) is 33.3 Å². The lowest BCUT2D eigenvalue weighted by molar-refractivity contribution is -0.167. The van der Waals surface area contributed by atoms with Crippen LogP contribution in [0.15, 0.2) is 0 Å². The van der Waals surface area contributed by atoms with Crippen LogP contribution in [0.25, 0.3) is 0 Å². The van der Waals surface area contributed by atoms with Gasteiger partial charge in [-0.1, -0.05) is 0 Å². The Morgan fingerprint density at radius 2 is 0.632 bits per heavy atom. The van der Waals surface area contributed by atoms with Crippen molar-refractivity contribution in [3.63, 3.8) is 0 Å². The second-order valence-corrected chi connectivity index (χ2v) is 28.0. The lowest BCUT2D eigenvalue weighted by Gasteiger charge is -2.29. The summed E-state index contributed by atoms with van der Waals surface area (Å²) in [5.41, 5.74) is 16.7. The van der Waals surface area contributed by atoms with E-state index < -0.39 is 90.0 Å². The van der Waals surface area contributed by atoms with Gasteiger partial charge >= 0.3 is 36.5 Å². The number of Topliss-reactive ketones (excluding diaryl/α,β-unsaturated/α-hetero) is 4. The maximum absolute atomic E-state index is 12.3. The molecular formula is C71H138N12O23. The van der Waals surface area contributed by atoms with E-state index >= 15 is 0 Å². The Hall–Kier alpha value is -6.06. The third kappa shape index (κ3) is 48.4. The fourth-order valence-electron chi connectivity index (χ4n) is 9.30. The molecule has 106 heavy (non-hydrogen) atoms. The number of nitrogens with zero attached hydrogens (tertiary/aromatic N) is 4. The molecule has 0 radical (unpaired) electrons. The molecule has 0 aromatic heterocycles. The summed E-state index contributed by atoms with van der Waals surface area (Å²) in [7, 11) is 1.58. The predicted octanol–water partition coefficient (Wildman–Crippen LogP) is 1.32. The molecule has 620 valence electrons. The number of unbranched alkanes of at least 4 members (excludes halogenated alkanes) is 2. The van der Waals surface area contributed by atoms with Crippen molar-refractivity contribution in [3.05, 3.63) is 0 Å². The number of hydrogen-bond acceptors (Lipinski definition) is 31. The van der Waals surface area contributed by atoms with Crippen LogP contribution in [0.2, 0.25) is 0 Å². The van der Waals surface area contributed by atoms with Crippen LogP contribution in [0.1, 0.15) is 139 Å². The van der Waals surface area contributed by atoms with Crippen LogP contribution in [0, 0.1) is 27.1 Å². The van der Waals surface area contributed by atoms with E-state index in [1.54, 1.807) is 14.0 Å². The maximum atomic E-state index is 12.3. The molecule has 1 aliphatic heterocycles. The number of aliphatic hydroxyl groups is 4. The maximum Gasteiger partial charge on any atom is 0.508 e. The number of carbonyl (C=O) groups is 10. The van der Waals surface area contributed by atoms with Crippen molar-refractivity contribution in [3.8, 4) is 0 Å². The van der Waals surface area contributed by atoms with Gasteiger partial charge in [-0.15, -0.1) is 0 Å². The van der Waals surface area contributed by atoms with E-state index in [0.717, 1.165) is 104 Å². The number of ether oxygens (including phenoxy) is 9. The summed E-state index contributed by atoms with van der Waals surface area (Å²) in [5.74, 6) is -1.71. The largest absolute Gasteiger partial charge is 0.508 e. The zero-order valence-corrected chi connectivity index (χ0v) is 65.7. The van der Waals surface area contributed by atoms with Crippen molar-refractivity contribution in [1.29, 1.82) is 0 Å². The number of carbonyl (C=O) groups excluding carboxylic acids is 10. The fourth-order valence-corrected chi connectivity index (χ4v) is 9.30. The van der Waals surface area contributed by atoms with Gasteiger partial charge in [-0.2, -0.15) is 0 Å². The number of hydrogen-bond donors (Lipinski definition) is 12. The van der Waals surface area contributed by atoms with Crippen molar-refractivity contribution in [2.45, 2.75) is 139 Å². The van der Waals surface area contributed by atoms with Gasteiger partial charge in [-0.05, 0) is 244 Å². The highest BCUT2D eigenvalue weighted by Crippen LogP contribution is 2.25. The van der Waals surface area contributed by atoms with Crippen LogP contribution in [0.4, 0.5) is 24.0 Å². The topological polar surface area (TPSA) is 500 Å². The number of nitrogens with two attached hydrogens (primary N) is 4. The number of ketones is 4. The Balaban J connectivity index is 0. The highest BCUT2D eigenvalue weighted by molar-refractivity contribution is 5.84. The molecule has 0 saturated carbocycles. The van der Waals surface area contributed by atoms with E-state index in [0.29, 0.717) is 84.8 Å². The standard InChI is InChI=1S/C44H80N6O16.C16H40N6.C11H18O7/c1-33(55)41(5,25-51)29-63-37(59)45-15-11-21-49(22-12-16-46-38(60)64-30-42(6,26-52)34(2)56)19-9-10-20-50(23-13-17-47-39(61)65-31-43(7,27-53)35(3)57)24-14-18-48-40(62)66-32-44(8,28-54)36(4)58;17-7-3-13-21(14-4-8-18)11-1-2-12-22(15-5-9-19)16-6-10-20;1-11(7-17-10(13)18-8-11)9(12)16-6-5-15-4-3-14-2/h51-54H,9-32H2,1-8H3,(H,45,59)(H,46,60)(H,47,61)(H,48,62);1-20H2;3-8H2,1-2H3. The normalized spacial score (nSPS) is 14.8. The van der Waals surface area contributed by atoms with Crippen LogP contribution in [-0.2, 0) is 66.6 Å². The Labute approximate surface area is 629 Å². The molecule has 1 heterocycles. The number of rotatable bonds is 61. The van der Waals surface area contributed by atoms with Crippen LogP contribution >= 0.6 is 0 Å². The van der Waals surface area contributed by atoms with Gasteiger partial charge in [0.2, 0.25) is 0 Å². The van der Waals surface area contributed by atoms with Crippen molar-refractivity contribution in [2.75, 3.05) is 231 Å². The minimum atomic E-state index is -1.20. The van der Waals surface area contributed by atoms with Crippen LogP contribution in [0.5, 0.6) is 0 Å². The predicted molar refractivity (Wildman–Crippen MR) is 397 cm³/mol. The van der Waals surface area contributed by atoms with Gasteiger partial charge in [-0.3, -0.25) is 24.0 Å². The molecule has 1 fully saturated rings. The smallest absolute Gasteiger partial charge is 0.463 e. The third-order valence-corrected chi connectivity index (χ3v) is 18.1.